The fourth-order valence-electron chi connectivity index (χ4n) is 10.6. The minimum absolute atomic E-state index is 0.0456. The maximum Gasteiger partial charge on any atom is 0.303 e. The van der Waals surface area contributed by atoms with Gasteiger partial charge in [-0.05, 0) is 91.3 Å². The lowest BCUT2D eigenvalue weighted by atomic mass is 9.81. The quantitative estimate of drug-likeness (QED) is 0.0356. The molecule has 2 aliphatic heterocycles. The molecule has 92 heavy (non-hydrogen) atoms. The molecule has 508 valence electrons. The molecule has 0 radical (unpaired) electrons. The number of nitrogens with zero attached hydrogens (tertiary/aromatic N) is 6. The molecule has 0 bridgehead atoms. The van der Waals surface area contributed by atoms with Gasteiger partial charge < -0.3 is 45.6 Å². The molecule has 4 rings (SSSR count). The van der Waals surface area contributed by atoms with Crippen molar-refractivity contribution in [2.45, 2.75) is 163 Å². The van der Waals surface area contributed by atoms with E-state index in [1.807, 2.05) is 98.7 Å². The summed E-state index contributed by atoms with van der Waals surface area (Å²) >= 11 is 1.14. The number of aliphatic hydroxyl groups excluding tert-OH is 1. The lowest BCUT2D eigenvalue weighted by molar-refractivity contribution is -0.150. The second kappa shape index (κ2) is 37.8. The number of ether oxygens (including phenoxy) is 2. The van der Waals surface area contributed by atoms with Gasteiger partial charge in [-0.25, -0.2) is 4.98 Å². The Morgan fingerprint density at radius 3 is 1.92 bits per heavy atom. The molecule has 3 heterocycles. The molecular formula is C66H98N10O15S. The van der Waals surface area contributed by atoms with Crippen molar-refractivity contribution in [2.75, 3.05) is 79.7 Å². The molecule has 26 heteroatoms. The van der Waals surface area contributed by atoms with Crippen molar-refractivity contribution in [2.24, 2.45) is 23.7 Å². The van der Waals surface area contributed by atoms with Crippen molar-refractivity contribution in [3.8, 4) is 0 Å². The number of carbonyl (C=O) groups is 12. The molecule has 0 spiro atoms. The summed E-state index contributed by atoms with van der Waals surface area (Å²) < 4.78 is 11.2. The molecule has 1 aromatic heterocycles. The summed E-state index contributed by atoms with van der Waals surface area (Å²) in [5, 5.41) is 22.6. The van der Waals surface area contributed by atoms with Crippen LogP contribution in [0.1, 0.15) is 153 Å². The molecule has 7 atom stereocenters. The number of likely N-dealkylation sites (N-methyl/N-ethyl adjacent to an activating group) is 1. The number of aliphatic hydroxyl groups is 1. The van der Waals surface area contributed by atoms with E-state index < -0.39 is 101 Å². The first-order valence-corrected chi connectivity index (χ1v) is 32.8. The third kappa shape index (κ3) is 23.8. The van der Waals surface area contributed by atoms with Crippen LogP contribution >= 0.6 is 11.3 Å². The number of Topliss-reactive ketones (excluding diaryl/α,β-unsaturated/α-hetero) is 1. The number of hydrogen-bond acceptors (Lipinski definition) is 18. The third-order valence-electron chi connectivity index (χ3n) is 17.0. The zero-order chi connectivity index (χ0) is 68.4. The van der Waals surface area contributed by atoms with Crippen molar-refractivity contribution in [3.63, 3.8) is 0 Å². The van der Waals surface area contributed by atoms with Gasteiger partial charge in [0.2, 0.25) is 29.5 Å². The minimum Gasteiger partial charge on any atom is -0.455 e. The number of imide groups is 2. The summed E-state index contributed by atoms with van der Waals surface area (Å²) in [5.74, 6) is -7.00. The van der Waals surface area contributed by atoms with Gasteiger partial charge in [-0.3, -0.25) is 72.2 Å². The van der Waals surface area contributed by atoms with Gasteiger partial charge in [0.25, 0.3) is 29.5 Å². The van der Waals surface area contributed by atoms with E-state index in [1.165, 1.54) is 11.8 Å². The molecule has 2 aromatic rings. The van der Waals surface area contributed by atoms with E-state index in [9.17, 15) is 57.5 Å². The van der Waals surface area contributed by atoms with Crippen LogP contribution in [0.15, 0.2) is 53.9 Å². The lowest BCUT2D eigenvalue weighted by Gasteiger charge is -2.39. The minimum atomic E-state index is -1.03. The standard InChI is InChI=1S/C66H98N10O15S/c1-13-44(6)49(39-54(79)66(9,10)72(11)12)65(89)74(14-2)52(42(3)4)40-53(91-46(8)78)64-71-51(41-92-64)63(88)69-48(38-47-20-18-43(5)19-21-47)37-45(7)61(86)70-50(62(87)68-29-35-90-36-34-77)17-15-16-28-67-55(80)22-23-56(81)73(30-32-75-57(82)24-25-58(75)83)31-33-76-59(84)26-27-60(76)85/h18-21,24-27,41-42,44-45,48-50,52-53,77H,13-17,22-23,28-40H2,1-12H3,(H,67,80)(H,68,87)(H,69,88)(H,70,86)/t44?,45?,48-,49+,50?,52-,53-/m1/s1. The van der Waals surface area contributed by atoms with Gasteiger partial charge in [-0.15, -0.1) is 11.3 Å². The number of aryl methyl sites for hydroxylation is 1. The number of thiazole rings is 1. The number of ketones is 1. The number of benzene rings is 1. The molecule has 5 N–H and O–H groups in total. The van der Waals surface area contributed by atoms with E-state index in [0.29, 0.717) is 37.2 Å². The highest BCUT2D eigenvalue weighted by molar-refractivity contribution is 7.09. The average Bonchev–Trinajstić information content (AvgIpc) is 1.04. The average molecular weight is 1300 g/mol. The zero-order valence-corrected chi connectivity index (χ0v) is 56.5. The highest BCUT2D eigenvalue weighted by Gasteiger charge is 2.40. The van der Waals surface area contributed by atoms with Crippen molar-refractivity contribution < 1.29 is 72.1 Å². The molecule has 0 aliphatic carbocycles. The topological polar surface area (TPSA) is 321 Å². The predicted octanol–water partition coefficient (Wildman–Crippen LogP) is 4.00. The van der Waals surface area contributed by atoms with Crippen LogP contribution in [0.2, 0.25) is 0 Å². The van der Waals surface area contributed by atoms with E-state index in [-0.39, 0.29) is 127 Å². The van der Waals surface area contributed by atoms with Crippen LogP contribution < -0.4 is 21.3 Å². The van der Waals surface area contributed by atoms with Crippen molar-refractivity contribution in [1.82, 2.24) is 50.8 Å². The van der Waals surface area contributed by atoms with E-state index in [4.69, 9.17) is 19.6 Å². The van der Waals surface area contributed by atoms with Crippen molar-refractivity contribution >= 4 is 82.2 Å². The summed E-state index contributed by atoms with van der Waals surface area (Å²) in [5.41, 5.74) is 1.16. The number of amides is 10. The Labute approximate surface area is 545 Å². The van der Waals surface area contributed by atoms with Gasteiger partial charge >= 0.3 is 5.97 Å². The van der Waals surface area contributed by atoms with E-state index in [1.54, 1.807) is 17.2 Å². The normalized spacial score (nSPS) is 15.5. The Hall–Kier alpha value is -7.55. The van der Waals surface area contributed by atoms with Crippen molar-refractivity contribution in [3.05, 3.63) is 75.8 Å². The predicted molar refractivity (Wildman–Crippen MR) is 345 cm³/mol. The molecule has 2 aliphatic rings. The summed E-state index contributed by atoms with van der Waals surface area (Å²) in [6, 6.07) is 5.64. The Morgan fingerprint density at radius 2 is 1.38 bits per heavy atom. The fourth-order valence-corrected chi connectivity index (χ4v) is 11.4. The maximum absolute atomic E-state index is 14.7. The number of esters is 1. The first-order chi connectivity index (χ1) is 43.5. The number of carbonyl (C=O) groups excluding carboxylic acids is 12. The number of hydrogen-bond donors (Lipinski definition) is 5. The number of unbranched alkanes of at least 4 members (excludes halogenated alkanes) is 1. The zero-order valence-electron chi connectivity index (χ0n) is 55.7. The van der Waals surface area contributed by atoms with Crippen molar-refractivity contribution in [1.29, 1.82) is 0 Å². The van der Waals surface area contributed by atoms with E-state index in [2.05, 4.69) is 21.3 Å². The van der Waals surface area contributed by atoms with Gasteiger partial charge in [0.15, 0.2) is 11.9 Å². The molecule has 0 saturated carbocycles. The summed E-state index contributed by atoms with van der Waals surface area (Å²) in [6.45, 7) is 18.5. The highest BCUT2D eigenvalue weighted by Crippen LogP contribution is 2.34. The van der Waals surface area contributed by atoms with Crippen LogP contribution in [-0.2, 0) is 68.6 Å². The first kappa shape index (κ1) is 76.9. The molecule has 0 fully saturated rings. The lowest BCUT2D eigenvalue weighted by Crippen LogP contribution is -2.51. The Balaban J connectivity index is 1.45. The SMILES string of the molecule is CCC(C)[C@H](CC(=O)C(C)(C)N(C)C)C(=O)N(CC)[C@H](C[C@@H](OC(C)=O)c1nc(C(=O)N[C@@H](Cc2ccc(C)cc2)CC(C)C(=O)NC(CCCCNC(=O)CCC(=O)N(CCN2C(=O)C=CC2=O)CCN2C(=O)C=CC2=O)C(=O)NCCOCCO)cs1)C(C)C. The van der Waals surface area contributed by atoms with Crippen LogP contribution in [0.5, 0.6) is 0 Å². The van der Waals surface area contributed by atoms with Crippen LogP contribution in [0.3, 0.4) is 0 Å². The molecule has 25 nitrogen and oxygen atoms in total. The smallest absolute Gasteiger partial charge is 0.303 e. The van der Waals surface area contributed by atoms with Crippen LogP contribution in [0.25, 0.3) is 0 Å². The van der Waals surface area contributed by atoms with Crippen LogP contribution in [-0.4, -0.2) is 209 Å². The molecule has 0 saturated heterocycles. The van der Waals surface area contributed by atoms with Crippen LogP contribution in [0.4, 0.5) is 0 Å². The summed E-state index contributed by atoms with van der Waals surface area (Å²) in [7, 11) is 3.67. The Morgan fingerprint density at radius 1 is 0.772 bits per heavy atom. The van der Waals surface area contributed by atoms with Crippen LogP contribution in [0, 0.1) is 30.6 Å². The number of nitrogens with one attached hydrogen (secondary N) is 4. The number of rotatable bonds is 42. The van der Waals surface area contributed by atoms with Gasteiger partial charge in [0, 0.05) is 132 Å². The highest BCUT2D eigenvalue weighted by atomic mass is 32.1. The largest absolute Gasteiger partial charge is 0.455 e. The van der Waals surface area contributed by atoms with Gasteiger partial charge in [0.05, 0.1) is 25.4 Å². The Bertz CT molecular complexity index is 2860. The number of aromatic nitrogens is 1. The molecule has 3 unspecified atom stereocenters. The summed E-state index contributed by atoms with van der Waals surface area (Å²) in [6.07, 6.45) is 5.28. The first-order valence-electron chi connectivity index (χ1n) is 31.9. The van der Waals surface area contributed by atoms with Gasteiger partial charge in [-0.2, -0.15) is 0 Å². The molecular weight excluding hydrogens is 1200 g/mol. The monoisotopic (exact) mass is 1300 g/mol. The third-order valence-corrected chi connectivity index (χ3v) is 18.0. The molecule has 1 aromatic carbocycles. The molecule has 10 amide bonds. The maximum atomic E-state index is 14.7. The van der Waals surface area contributed by atoms with Gasteiger partial charge in [0.1, 0.15) is 16.7 Å². The second-order valence-corrected chi connectivity index (χ2v) is 25.5. The van der Waals surface area contributed by atoms with E-state index >= 15 is 0 Å². The summed E-state index contributed by atoms with van der Waals surface area (Å²) in [4.78, 5) is 170. The second-order valence-electron chi connectivity index (χ2n) is 24.6. The fraction of sp³-hybridized carbons (Fsp3) is 0.621. The van der Waals surface area contributed by atoms with E-state index in [0.717, 1.165) is 56.6 Å². The van der Waals surface area contributed by atoms with Gasteiger partial charge in [-0.1, -0.05) is 70.9 Å². The Kier molecular flexibility index (Phi) is 31.6.